The Kier molecular flexibility index (Phi) is 4.17. The zero-order chi connectivity index (χ0) is 7.28. The number of nitrogens with zero attached hydrogens (tertiary/aromatic N) is 1. The highest BCUT2D eigenvalue weighted by atomic mass is 32.2. The topological polar surface area (TPSA) is 52.5 Å². The quantitative estimate of drug-likeness (QED) is 0.420. The van der Waals surface area contributed by atoms with Gasteiger partial charge in [0.25, 0.3) is 0 Å². The first kappa shape index (κ1) is 8.52. The van der Waals surface area contributed by atoms with Crippen LogP contribution in [-0.2, 0) is 11.1 Å². The van der Waals surface area contributed by atoms with Crippen molar-refractivity contribution in [1.82, 2.24) is 0 Å². The third-order valence-corrected chi connectivity index (χ3v) is 1.46. The Balaban J connectivity index is 4.19. The number of rotatable bonds is 2. The Bertz CT molecular complexity index is 162. The normalized spacial score (nSPS) is 16.6. The largest absolute Gasteiger partial charge is 0.768 e. The SMILES string of the molecule is C/C=C(\C=NC)S(=O)[O-]. The molecule has 0 saturated carbocycles. The molecule has 9 heavy (non-hydrogen) atoms. The van der Waals surface area contributed by atoms with Crippen molar-refractivity contribution in [1.29, 1.82) is 0 Å². The van der Waals surface area contributed by atoms with Gasteiger partial charge in [-0.1, -0.05) is 6.08 Å². The average molecular weight is 146 g/mol. The van der Waals surface area contributed by atoms with Crippen molar-refractivity contribution >= 4 is 17.3 Å². The van der Waals surface area contributed by atoms with E-state index in [-0.39, 0.29) is 4.91 Å². The summed E-state index contributed by atoms with van der Waals surface area (Å²) < 4.78 is 20.3. The third kappa shape index (κ3) is 3.16. The third-order valence-electron chi connectivity index (χ3n) is 0.733. The average Bonchev–Trinajstić information content (AvgIpc) is 1.82. The molecule has 0 aliphatic heterocycles. The van der Waals surface area contributed by atoms with E-state index in [2.05, 4.69) is 4.99 Å². The van der Waals surface area contributed by atoms with Gasteiger partial charge in [-0.15, -0.1) is 0 Å². The molecule has 0 aromatic carbocycles. The van der Waals surface area contributed by atoms with Crippen LogP contribution in [0.3, 0.4) is 0 Å². The molecule has 0 heterocycles. The minimum atomic E-state index is -2.14. The van der Waals surface area contributed by atoms with Crippen LogP contribution in [0.25, 0.3) is 0 Å². The van der Waals surface area contributed by atoms with E-state index in [0.717, 1.165) is 0 Å². The first-order valence-electron chi connectivity index (χ1n) is 2.40. The maximum Gasteiger partial charge on any atom is 0.0384 e. The van der Waals surface area contributed by atoms with Crippen molar-refractivity contribution in [3.63, 3.8) is 0 Å². The summed E-state index contributed by atoms with van der Waals surface area (Å²) in [5, 5.41) is 0. The van der Waals surface area contributed by atoms with Crippen LogP contribution in [0.1, 0.15) is 6.92 Å². The summed E-state index contributed by atoms with van der Waals surface area (Å²) in [6.07, 6.45) is 2.78. The Morgan fingerprint density at radius 1 is 1.78 bits per heavy atom. The zero-order valence-electron chi connectivity index (χ0n) is 5.33. The summed E-state index contributed by atoms with van der Waals surface area (Å²) in [4.78, 5) is 3.76. The van der Waals surface area contributed by atoms with E-state index >= 15 is 0 Å². The predicted octanol–water partition coefficient (Wildman–Crippen LogP) is 0.470. The second-order valence-electron chi connectivity index (χ2n) is 1.31. The molecule has 0 aromatic heterocycles. The summed E-state index contributed by atoms with van der Waals surface area (Å²) in [6, 6.07) is 0. The van der Waals surface area contributed by atoms with E-state index in [1.807, 2.05) is 0 Å². The second kappa shape index (κ2) is 4.40. The van der Waals surface area contributed by atoms with Crippen LogP contribution in [0.5, 0.6) is 0 Å². The molecule has 3 nitrogen and oxygen atoms in total. The summed E-state index contributed by atoms with van der Waals surface area (Å²) in [5.74, 6) is 0. The van der Waals surface area contributed by atoms with Gasteiger partial charge in [-0.25, -0.2) is 0 Å². The first-order chi connectivity index (χ1) is 4.22. The smallest absolute Gasteiger partial charge is 0.0384 e. The minimum absolute atomic E-state index is 0.220. The molecule has 0 amide bonds. The summed E-state index contributed by atoms with van der Waals surface area (Å²) in [5.41, 5.74) is 0. The van der Waals surface area contributed by atoms with E-state index in [1.54, 1.807) is 6.92 Å². The first-order valence-corrected chi connectivity index (χ1v) is 3.47. The number of aliphatic imine (C=N–C) groups is 1. The van der Waals surface area contributed by atoms with Crippen LogP contribution in [0.15, 0.2) is 16.0 Å². The molecule has 0 aromatic rings. The fraction of sp³-hybridized carbons (Fsp3) is 0.400. The van der Waals surface area contributed by atoms with Gasteiger partial charge in [-0.2, -0.15) is 0 Å². The fourth-order valence-corrected chi connectivity index (χ4v) is 0.725. The van der Waals surface area contributed by atoms with E-state index < -0.39 is 11.1 Å². The Morgan fingerprint density at radius 2 is 2.33 bits per heavy atom. The van der Waals surface area contributed by atoms with Crippen LogP contribution in [0, 0.1) is 0 Å². The van der Waals surface area contributed by atoms with E-state index in [9.17, 15) is 8.76 Å². The Hall–Kier alpha value is -0.480. The Morgan fingerprint density at radius 3 is 2.44 bits per heavy atom. The molecule has 0 fully saturated rings. The van der Waals surface area contributed by atoms with Gasteiger partial charge in [-0.3, -0.25) is 9.20 Å². The highest BCUT2D eigenvalue weighted by Crippen LogP contribution is 1.92. The van der Waals surface area contributed by atoms with Gasteiger partial charge in [0.1, 0.15) is 0 Å². The van der Waals surface area contributed by atoms with Crippen LogP contribution >= 0.6 is 0 Å². The van der Waals surface area contributed by atoms with Crippen LogP contribution in [0.2, 0.25) is 0 Å². The molecule has 1 atom stereocenters. The van der Waals surface area contributed by atoms with E-state index in [4.69, 9.17) is 0 Å². The van der Waals surface area contributed by atoms with Crippen molar-refractivity contribution in [2.45, 2.75) is 6.92 Å². The molecule has 52 valence electrons. The highest BCUT2D eigenvalue weighted by molar-refractivity contribution is 7.84. The molecule has 0 rings (SSSR count). The molecule has 1 unspecified atom stereocenters. The number of allylic oxidation sites excluding steroid dienone is 2. The lowest BCUT2D eigenvalue weighted by Crippen LogP contribution is -1.93. The standard InChI is InChI=1S/C5H9NO2S/c1-3-5(4-6-2)9(7)8/h3-4H,1-2H3,(H,7,8)/p-1/b5-3+,6-4?. The number of hydrogen-bond donors (Lipinski definition) is 0. The van der Waals surface area contributed by atoms with E-state index in [1.165, 1.54) is 19.3 Å². The molecule has 0 bridgehead atoms. The molecular weight excluding hydrogens is 138 g/mol. The monoisotopic (exact) mass is 146 g/mol. The molecule has 0 N–H and O–H groups in total. The molecule has 0 spiro atoms. The number of hydrogen-bond acceptors (Lipinski definition) is 3. The van der Waals surface area contributed by atoms with Crippen LogP contribution in [-0.4, -0.2) is 22.0 Å². The van der Waals surface area contributed by atoms with Crippen LogP contribution in [0.4, 0.5) is 0 Å². The molecule has 0 saturated heterocycles. The molecule has 0 aliphatic rings. The molecule has 4 heteroatoms. The minimum Gasteiger partial charge on any atom is -0.768 e. The molecule has 0 aliphatic carbocycles. The van der Waals surface area contributed by atoms with Gasteiger partial charge >= 0.3 is 0 Å². The van der Waals surface area contributed by atoms with Crippen molar-refractivity contribution in [3.05, 3.63) is 11.0 Å². The highest BCUT2D eigenvalue weighted by Gasteiger charge is 1.86. The van der Waals surface area contributed by atoms with Gasteiger partial charge in [-0.05, 0) is 18.0 Å². The lowest BCUT2D eigenvalue weighted by Gasteiger charge is -2.02. The van der Waals surface area contributed by atoms with Crippen molar-refractivity contribution < 1.29 is 8.76 Å². The lowest BCUT2D eigenvalue weighted by molar-refractivity contribution is 0.545. The van der Waals surface area contributed by atoms with Gasteiger partial charge in [0.15, 0.2) is 0 Å². The molecular formula is C5H8NO2S-. The van der Waals surface area contributed by atoms with Gasteiger partial charge in [0, 0.05) is 18.2 Å². The van der Waals surface area contributed by atoms with Crippen molar-refractivity contribution in [2.24, 2.45) is 4.99 Å². The van der Waals surface area contributed by atoms with Crippen molar-refractivity contribution in [2.75, 3.05) is 7.05 Å². The van der Waals surface area contributed by atoms with E-state index in [0.29, 0.717) is 0 Å². The van der Waals surface area contributed by atoms with Crippen LogP contribution < -0.4 is 0 Å². The van der Waals surface area contributed by atoms with Gasteiger partial charge in [0.05, 0.1) is 0 Å². The summed E-state index contributed by atoms with van der Waals surface area (Å²) >= 11 is -2.14. The molecule has 0 radical (unpaired) electrons. The summed E-state index contributed by atoms with van der Waals surface area (Å²) in [7, 11) is 1.52. The second-order valence-corrected chi connectivity index (χ2v) is 2.25. The maximum absolute atomic E-state index is 10.2. The lowest BCUT2D eigenvalue weighted by atomic mass is 10.5. The predicted molar refractivity (Wildman–Crippen MR) is 37.1 cm³/mol. The van der Waals surface area contributed by atoms with Crippen molar-refractivity contribution in [3.8, 4) is 0 Å². The van der Waals surface area contributed by atoms with Gasteiger partial charge < -0.3 is 4.55 Å². The summed E-state index contributed by atoms with van der Waals surface area (Å²) in [6.45, 7) is 1.65. The zero-order valence-corrected chi connectivity index (χ0v) is 6.14. The Labute approximate surface area is 56.8 Å². The van der Waals surface area contributed by atoms with Gasteiger partial charge in [0.2, 0.25) is 0 Å². The maximum atomic E-state index is 10.2. The fourth-order valence-electron chi connectivity index (χ4n) is 0.341.